The number of carbonyl (C=O) groups excluding carboxylic acids is 1. The van der Waals surface area contributed by atoms with Gasteiger partial charge in [0, 0.05) is 35.3 Å². The summed E-state index contributed by atoms with van der Waals surface area (Å²) in [5, 5.41) is 5.93. The van der Waals surface area contributed by atoms with Gasteiger partial charge in [0.05, 0.1) is 0 Å². The van der Waals surface area contributed by atoms with Gasteiger partial charge in [0.15, 0.2) is 0 Å². The van der Waals surface area contributed by atoms with Crippen LogP contribution in [0.5, 0.6) is 0 Å². The van der Waals surface area contributed by atoms with Crippen LogP contribution in [0.3, 0.4) is 0 Å². The number of anilines is 1. The number of hydrogen-bond acceptors (Lipinski definition) is 3. The van der Waals surface area contributed by atoms with E-state index in [1.54, 1.807) is 0 Å². The lowest BCUT2D eigenvalue weighted by Gasteiger charge is -2.26. The minimum Gasteiger partial charge on any atom is -0.325 e. The highest BCUT2D eigenvalue weighted by Crippen LogP contribution is 2.13. The van der Waals surface area contributed by atoms with Crippen molar-refractivity contribution in [3.05, 3.63) is 29.8 Å². The van der Waals surface area contributed by atoms with Crippen LogP contribution in [0.15, 0.2) is 24.3 Å². The molecule has 1 saturated heterocycles. The van der Waals surface area contributed by atoms with Gasteiger partial charge in [-0.25, -0.2) is 0 Å². The van der Waals surface area contributed by atoms with Crippen molar-refractivity contribution in [1.29, 1.82) is 0 Å². The molecule has 18 heavy (non-hydrogen) atoms. The zero-order chi connectivity index (χ0) is 13.0. The van der Waals surface area contributed by atoms with Crippen LogP contribution in [-0.4, -0.2) is 34.7 Å². The van der Waals surface area contributed by atoms with E-state index in [0.29, 0.717) is 11.7 Å². The normalized spacial score (nSPS) is 16.9. The Labute approximate surface area is 110 Å². The van der Waals surface area contributed by atoms with Crippen molar-refractivity contribution < 1.29 is 9.00 Å². The maximum atomic E-state index is 11.8. The first kappa shape index (κ1) is 13.2. The second kappa shape index (κ2) is 6.11. The molecule has 1 heterocycles. The van der Waals surface area contributed by atoms with Gasteiger partial charge >= 0.3 is 0 Å². The number of hydrogen-bond donors (Lipinski definition) is 2. The van der Waals surface area contributed by atoms with Crippen LogP contribution in [0.4, 0.5) is 5.69 Å². The Hall–Kier alpha value is -1.20. The molecule has 0 aromatic heterocycles. The van der Waals surface area contributed by atoms with Gasteiger partial charge in [-0.3, -0.25) is 9.00 Å². The van der Waals surface area contributed by atoms with Gasteiger partial charge in [-0.1, -0.05) is 18.2 Å². The summed E-state index contributed by atoms with van der Waals surface area (Å²) in [4.78, 5) is 11.7. The first-order chi connectivity index (χ1) is 8.65. The summed E-state index contributed by atoms with van der Waals surface area (Å²) in [6.45, 7) is 3.78. The minimum atomic E-state index is -1.06. The molecule has 0 saturated carbocycles. The SMILES string of the molecule is Cc1ccccc1NC(=O)CS(=O)CC1CNC1. The molecule has 1 unspecified atom stereocenters. The molecule has 5 heteroatoms. The average Bonchev–Trinajstić information content (AvgIpc) is 2.27. The number of nitrogens with one attached hydrogen (secondary N) is 2. The lowest BCUT2D eigenvalue weighted by Crippen LogP contribution is -2.45. The zero-order valence-corrected chi connectivity index (χ0v) is 11.3. The van der Waals surface area contributed by atoms with Gasteiger partial charge in [0.1, 0.15) is 5.75 Å². The lowest BCUT2D eigenvalue weighted by atomic mass is 10.1. The molecule has 0 bridgehead atoms. The van der Waals surface area contributed by atoms with Crippen LogP contribution >= 0.6 is 0 Å². The van der Waals surface area contributed by atoms with Crippen molar-refractivity contribution in [3.8, 4) is 0 Å². The fraction of sp³-hybridized carbons (Fsp3) is 0.462. The van der Waals surface area contributed by atoms with Crippen LogP contribution in [0.25, 0.3) is 0 Å². The highest BCUT2D eigenvalue weighted by molar-refractivity contribution is 7.85. The molecule has 1 fully saturated rings. The molecule has 1 atom stereocenters. The van der Waals surface area contributed by atoms with E-state index in [1.807, 2.05) is 31.2 Å². The van der Waals surface area contributed by atoms with Crippen LogP contribution < -0.4 is 10.6 Å². The van der Waals surface area contributed by atoms with E-state index in [2.05, 4.69) is 10.6 Å². The number of para-hydroxylation sites is 1. The Kier molecular flexibility index (Phi) is 4.49. The van der Waals surface area contributed by atoms with E-state index >= 15 is 0 Å². The summed E-state index contributed by atoms with van der Waals surface area (Å²) in [6.07, 6.45) is 0. The third-order valence-electron chi connectivity index (χ3n) is 3.00. The molecule has 1 aliphatic heterocycles. The lowest BCUT2D eigenvalue weighted by molar-refractivity contribution is -0.113. The molecule has 0 aliphatic carbocycles. The standard InChI is InChI=1S/C13H18N2O2S/c1-10-4-2-3-5-12(10)15-13(16)9-18(17)8-11-6-14-7-11/h2-5,11,14H,6-9H2,1H3,(H,15,16). The summed E-state index contributed by atoms with van der Waals surface area (Å²) < 4.78 is 11.8. The molecule has 1 aromatic rings. The van der Waals surface area contributed by atoms with Gasteiger partial charge in [-0.2, -0.15) is 0 Å². The molecule has 98 valence electrons. The van der Waals surface area contributed by atoms with Crippen molar-refractivity contribution >= 4 is 22.4 Å². The Balaban J connectivity index is 1.81. The number of aryl methyl sites for hydroxylation is 1. The van der Waals surface area contributed by atoms with Gasteiger partial charge in [-0.05, 0) is 24.5 Å². The first-order valence-electron chi connectivity index (χ1n) is 6.06. The topological polar surface area (TPSA) is 58.2 Å². The van der Waals surface area contributed by atoms with Crippen LogP contribution in [0, 0.1) is 12.8 Å². The van der Waals surface area contributed by atoms with Crippen LogP contribution in [0.2, 0.25) is 0 Å². The van der Waals surface area contributed by atoms with Gasteiger partial charge in [0.25, 0.3) is 0 Å². The Morgan fingerprint density at radius 3 is 2.78 bits per heavy atom. The van der Waals surface area contributed by atoms with Gasteiger partial charge in [0.2, 0.25) is 5.91 Å². The number of benzene rings is 1. The molecule has 1 amide bonds. The van der Waals surface area contributed by atoms with Crippen molar-refractivity contribution in [2.75, 3.05) is 29.9 Å². The van der Waals surface area contributed by atoms with Crippen LogP contribution in [0.1, 0.15) is 5.56 Å². The smallest absolute Gasteiger partial charge is 0.236 e. The zero-order valence-electron chi connectivity index (χ0n) is 10.4. The molecule has 1 aliphatic rings. The molecule has 2 N–H and O–H groups in total. The van der Waals surface area contributed by atoms with E-state index in [9.17, 15) is 9.00 Å². The van der Waals surface area contributed by atoms with Crippen LogP contribution in [-0.2, 0) is 15.6 Å². The molecule has 0 spiro atoms. The van der Waals surface area contributed by atoms with Crippen molar-refractivity contribution in [2.24, 2.45) is 5.92 Å². The van der Waals surface area contributed by atoms with E-state index in [4.69, 9.17) is 0 Å². The second-order valence-corrected chi connectivity index (χ2v) is 6.14. The van der Waals surface area contributed by atoms with Crippen molar-refractivity contribution in [1.82, 2.24) is 5.32 Å². The quantitative estimate of drug-likeness (QED) is 0.832. The monoisotopic (exact) mass is 266 g/mol. The highest BCUT2D eigenvalue weighted by Gasteiger charge is 2.20. The summed E-state index contributed by atoms with van der Waals surface area (Å²) >= 11 is 0. The maximum absolute atomic E-state index is 11.8. The summed E-state index contributed by atoms with van der Waals surface area (Å²) in [5.41, 5.74) is 1.81. The largest absolute Gasteiger partial charge is 0.325 e. The summed E-state index contributed by atoms with van der Waals surface area (Å²) in [7, 11) is -1.06. The third-order valence-corrected chi connectivity index (χ3v) is 4.43. The van der Waals surface area contributed by atoms with E-state index in [1.165, 1.54) is 0 Å². The molecule has 1 aromatic carbocycles. The number of amides is 1. The van der Waals surface area contributed by atoms with Gasteiger partial charge in [-0.15, -0.1) is 0 Å². The molecule has 2 rings (SSSR count). The second-order valence-electron chi connectivity index (χ2n) is 4.64. The molecule has 0 radical (unpaired) electrons. The number of rotatable bonds is 5. The Morgan fingerprint density at radius 1 is 1.44 bits per heavy atom. The fourth-order valence-corrected chi connectivity index (χ4v) is 3.08. The average molecular weight is 266 g/mol. The summed E-state index contributed by atoms with van der Waals surface area (Å²) in [5.74, 6) is 1.01. The predicted molar refractivity (Wildman–Crippen MR) is 74.0 cm³/mol. The summed E-state index contributed by atoms with van der Waals surface area (Å²) in [6, 6.07) is 7.59. The molecular formula is C13H18N2O2S. The Morgan fingerprint density at radius 2 is 2.17 bits per heavy atom. The third kappa shape index (κ3) is 3.65. The van der Waals surface area contributed by atoms with Gasteiger partial charge < -0.3 is 10.6 Å². The maximum Gasteiger partial charge on any atom is 0.236 e. The van der Waals surface area contributed by atoms with Crippen molar-refractivity contribution in [2.45, 2.75) is 6.92 Å². The molecule has 4 nitrogen and oxygen atoms in total. The Bertz CT molecular complexity index is 458. The van der Waals surface area contributed by atoms with E-state index in [-0.39, 0.29) is 11.7 Å². The predicted octanol–water partition coefficient (Wildman–Crippen LogP) is 0.902. The highest BCUT2D eigenvalue weighted by atomic mass is 32.2. The van der Waals surface area contributed by atoms with E-state index in [0.717, 1.165) is 24.3 Å². The minimum absolute atomic E-state index is 0.0881. The van der Waals surface area contributed by atoms with Crippen molar-refractivity contribution in [3.63, 3.8) is 0 Å². The number of carbonyl (C=O) groups is 1. The fourth-order valence-electron chi connectivity index (χ4n) is 1.83. The molecular weight excluding hydrogens is 248 g/mol. The van der Waals surface area contributed by atoms with E-state index < -0.39 is 10.8 Å². The first-order valence-corrected chi connectivity index (χ1v) is 7.55.